The van der Waals surface area contributed by atoms with E-state index in [4.69, 9.17) is 10.8 Å². The molecular formula is C9H9N5O4Se. The Balaban J connectivity index is 2.30. The van der Waals surface area contributed by atoms with E-state index < -0.39 is 31.9 Å². The Kier molecular flexibility index (Phi) is 3.74. The van der Waals surface area contributed by atoms with Crippen LogP contribution in [0.1, 0.15) is 0 Å². The second-order valence-corrected chi connectivity index (χ2v) is 4.79. The summed E-state index contributed by atoms with van der Waals surface area (Å²) in [5.41, 5.74) is 6.39. The van der Waals surface area contributed by atoms with Crippen molar-refractivity contribution in [1.82, 2.24) is 7.96 Å². The van der Waals surface area contributed by atoms with Crippen LogP contribution in [0.5, 0.6) is 0 Å². The van der Waals surface area contributed by atoms with Gasteiger partial charge in [-0.15, -0.1) is 0 Å². The second kappa shape index (κ2) is 5.31. The third-order valence-electron chi connectivity index (χ3n) is 2.42. The van der Waals surface area contributed by atoms with Gasteiger partial charge in [0.1, 0.15) is 0 Å². The Morgan fingerprint density at radius 2 is 2.21 bits per heavy atom. The molecule has 1 aromatic carbocycles. The SMILES string of the molecule is NC(CNc1ccc([N+](=O)[O-])c2n[se]nc12)C(=O)O. The number of nitrogens with zero attached hydrogens (tertiary/aromatic N) is 3. The number of hydrogen-bond acceptors (Lipinski definition) is 7. The van der Waals surface area contributed by atoms with Gasteiger partial charge in [-0.3, -0.25) is 0 Å². The van der Waals surface area contributed by atoms with Gasteiger partial charge < -0.3 is 0 Å². The molecule has 4 N–H and O–H groups in total. The number of carboxylic acid groups (broad SMARTS) is 1. The first-order valence-electron chi connectivity index (χ1n) is 5.12. The number of benzene rings is 1. The van der Waals surface area contributed by atoms with Gasteiger partial charge in [0.2, 0.25) is 0 Å². The molecule has 0 saturated carbocycles. The molecule has 0 spiro atoms. The van der Waals surface area contributed by atoms with Gasteiger partial charge >= 0.3 is 112 Å². The fourth-order valence-corrected chi connectivity index (χ4v) is 2.64. The van der Waals surface area contributed by atoms with Gasteiger partial charge in [-0.2, -0.15) is 0 Å². The monoisotopic (exact) mass is 331 g/mol. The number of fused-ring (bicyclic) bond motifs is 1. The molecule has 0 saturated heterocycles. The van der Waals surface area contributed by atoms with E-state index in [1.165, 1.54) is 12.1 Å². The molecule has 0 fully saturated rings. The molecule has 0 aliphatic rings. The molecule has 0 amide bonds. The molecule has 100 valence electrons. The molecule has 1 unspecified atom stereocenters. The molecule has 2 rings (SSSR count). The van der Waals surface area contributed by atoms with Crippen LogP contribution in [0.4, 0.5) is 11.4 Å². The molecule has 0 aliphatic carbocycles. The predicted molar refractivity (Wildman–Crippen MR) is 67.2 cm³/mol. The fraction of sp³-hybridized carbons (Fsp3) is 0.222. The Bertz CT molecular complexity index is 643. The number of nitro benzene ring substituents is 1. The van der Waals surface area contributed by atoms with Crippen LogP contribution in [0.3, 0.4) is 0 Å². The van der Waals surface area contributed by atoms with Crippen LogP contribution in [-0.4, -0.2) is 51.5 Å². The topological polar surface area (TPSA) is 144 Å². The number of nitro groups is 1. The van der Waals surface area contributed by atoms with Crippen molar-refractivity contribution < 1.29 is 14.8 Å². The van der Waals surface area contributed by atoms with Crippen LogP contribution < -0.4 is 11.1 Å². The van der Waals surface area contributed by atoms with E-state index in [1.807, 2.05) is 0 Å². The predicted octanol–water partition coefficient (Wildman–Crippen LogP) is -0.581. The molecular weight excluding hydrogens is 321 g/mol. The number of carboxylic acids is 1. The third-order valence-corrected chi connectivity index (χ3v) is 3.53. The van der Waals surface area contributed by atoms with Gasteiger partial charge in [-0.25, -0.2) is 0 Å². The summed E-state index contributed by atoms with van der Waals surface area (Å²) in [4.78, 5) is 20.9. The first kappa shape index (κ1) is 13.4. The van der Waals surface area contributed by atoms with Crippen LogP contribution in [0.15, 0.2) is 12.1 Å². The van der Waals surface area contributed by atoms with Crippen molar-refractivity contribution in [3.05, 3.63) is 22.2 Å². The van der Waals surface area contributed by atoms with Crippen LogP contribution in [0.2, 0.25) is 0 Å². The number of nitrogens with one attached hydrogen (secondary N) is 1. The van der Waals surface area contributed by atoms with E-state index in [9.17, 15) is 14.9 Å². The van der Waals surface area contributed by atoms with Gasteiger partial charge in [0, 0.05) is 0 Å². The van der Waals surface area contributed by atoms with Crippen molar-refractivity contribution in [1.29, 1.82) is 0 Å². The van der Waals surface area contributed by atoms with E-state index in [0.29, 0.717) is 11.2 Å². The number of hydrogen-bond donors (Lipinski definition) is 3. The van der Waals surface area contributed by atoms with Gasteiger partial charge in [-0.05, 0) is 0 Å². The van der Waals surface area contributed by atoms with Crippen molar-refractivity contribution in [3.8, 4) is 0 Å². The van der Waals surface area contributed by atoms with Crippen LogP contribution in [0.25, 0.3) is 11.0 Å². The Morgan fingerprint density at radius 3 is 2.84 bits per heavy atom. The number of nitrogens with two attached hydrogens (primary N) is 1. The Hall–Kier alpha value is -2.03. The first-order chi connectivity index (χ1) is 9.00. The summed E-state index contributed by atoms with van der Waals surface area (Å²) in [7, 11) is 0. The van der Waals surface area contributed by atoms with E-state index in [2.05, 4.69) is 13.3 Å². The number of carbonyl (C=O) groups is 1. The minimum absolute atomic E-state index is 0.00209. The zero-order valence-electron chi connectivity index (χ0n) is 9.44. The van der Waals surface area contributed by atoms with Crippen molar-refractivity contribution in [2.45, 2.75) is 6.04 Å². The zero-order chi connectivity index (χ0) is 14.0. The van der Waals surface area contributed by atoms with Gasteiger partial charge in [0.05, 0.1) is 0 Å². The van der Waals surface area contributed by atoms with E-state index in [0.717, 1.165) is 0 Å². The van der Waals surface area contributed by atoms with E-state index >= 15 is 0 Å². The number of aliphatic carboxylic acids is 1. The van der Waals surface area contributed by atoms with Crippen molar-refractivity contribution in [2.75, 3.05) is 11.9 Å². The molecule has 0 aliphatic heterocycles. The van der Waals surface area contributed by atoms with Gasteiger partial charge in [-0.1, -0.05) is 0 Å². The van der Waals surface area contributed by atoms with Crippen LogP contribution in [0, 0.1) is 10.1 Å². The van der Waals surface area contributed by atoms with E-state index in [-0.39, 0.29) is 17.7 Å². The summed E-state index contributed by atoms with van der Waals surface area (Å²) >= 11 is -0.417. The maximum atomic E-state index is 10.8. The molecule has 10 heteroatoms. The second-order valence-electron chi connectivity index (χ2n) is 3.68. The number of non-ortho nitro benzene ring substituents is 1. The molecule has 1 atom stereocenters. The normalized spacial score (nSPS) is 12.3. The number of aromatic nitrogens is 2. The summed E-state index contributed by atoms with van der Waals surface area (Å²) in [5, 5.41) is 22.3. The summed E-state index contributed by atoms with van der Waals surface area (Å²) in [5.74, 6) is -1.13. The van der Waals surface area contributed by atoms with Crippen LogP contribution >= 0.6 is 0 Å². The Morgan fingerprint density at radius 1 is 1.53 bits per heavy atom. The summed E-state index contributed by atoms with van der Waals surface area (Å²) < 4.78 is 8.12. The van der Waals surface area contributed by atoms with Gasteiger partial charge in [0.25, 0.3) is 0 Å². The summed E-state index contributed by atoms with van der Waals surface area (Å²) in [6.45, 7) is 0.00209. The molecule has 9 nitrogen and oxygen atoms in total. The summed E-state index contributed by atoms with van der Waals surface area (Å²) in [6, 6.07) is 1.73. The standard InChI is InChI=1S/C9H9N5O4Se/c10-4(9(15)16)3-11-5-1-2-6(14(17)18)8-7(5)12-19-13-8/h1-2,4,11H,3,10H2,(H,15,16). The average molecular weight is 330 g/mol. The quantitative estimate of drug-likeness (QED) is 0.375. The maximum absolute atomic E-state index is 10.8. The molecule has 1 heterocycles. The average Bonchev–Trinajstić information content (AvgIpc) is 2.83. The number of anilines is 1. The fourth-order valence-electron chi connectivity index (χ4n) is 1.45. The first-order valence-corrected chi connectivity index (χ1v) is 6.66. The zero-order valence-corrected chi connectivity index (χ0v) is 11.2. The molecule has 2 aromatic rings. The van der Waals surface area contributed by atoms with Crippen molar-refractivity contribution >= 4 is 43.3 Å². The van der Waals surface area contributed by atoms with Crippen molar-refractivity contribution in [2.24, 2.45) is 5.73 Å². The molecule has 1 aromatic heterocycles. The summed E-state index contributed by atoms with van der Waals surface area (Å²) in [6.07, 6.45) is 0. The van der Waals surface area contributed by atoms with Crippen LogP contribution in [-0.2, 0) is 4.79 Å². The van der Waals surface area contributed by atoms with E-state index in [1.54, 1.807) is 0 Å². The minimum atomic E-state index is -1.13. The Labute approximate surface area is 112 Å². The molecule has 0 bridgehead atoms. The molecule has 0 radical (unpaired) electrons. The van der Waals surface area contributed by atoms with Gasteiger partial charge in [0.15, 0.2) is 0 Å². The van der Waals surface area contributed by atoms with Crippen molar-refractivity contribution in [3.63, 3.8) is 0 Å². The third kappa shape index (κ3) is 2.70. The molecule has 19 heavy (non-hydrogen) atoms. The number of rotatable bonds is 5.